The van der Waals surface area contributed by atoms with Crippen LogP contribution in [0.1, 0.15) is 18.4 Å². The minimum Gasteiger partial charge on any atom is -0.493 e. The smallest absolute Gasteiger partial charge is 0.231 e. The second-order valence-electron chi connectivity index (χ2n) is 4.47. The minimum atomic E-state index is -0.332. The Bertz CT molecular complexity index is 650. The summed E-state index contributed by atoms with van der Waals surface area (Å²) in [7, 11) is 1.54. The molecule has 110 valence electrons. The highest BCUT2D eigenvalue weighted by molar-refractivity contribution is 9.10. The van der Waals surface area contributed by atoms with Gasteiger partial charge in [-0.3, -0.25) is 9.78 Å². The summed E-state index contributed by atoms with van der Waals surface area (Å²) in [6.07, 6.45) is 3.35. The lowest BCUT2D eigenvalue weighted by Crippen LogP contribution is -2.19. The van der Waals surface area contributed by atoms with Crippen molar-refractivity contribution in [3.05, 3.63) is 51.7 Å². The Hall–Kier alpha value is -1.59. The van der Waals surface area contributed by atoms with Crippen molar-refractivity contribution in [1.29, 1.82) is 0 Å². The van der Waals surface area contributed by atoms with Crippen molar-refractivity contribution in [1.82, 2.24) is 4.98 Å². The van der Waals surface area contributed by atoms with Crippen molar-refractivity contribution in [3.63, 3.8) is 0 Å². The van der Waals surface area contributed by atoms with E-state index in [2.05, 4.69) is 26.2 Å². The Morgan fingerprint density at radius 3 is 2.86 bits per heavy atom. The topological polar surface area (TPSA) is 51.2 Å². The van der Waals surface area contributed by atoms with E-state index >= 15 is 0 Å². The van der Waals surface area contributed by atoms with Crippen LogP contribution in [0.3, 0.4) is 0 Å². The lowest BCUT2D eigenvalue weighted by atomic mass is 10.0. The molecule has 0 radical (unpaired) electrons. The Morgan fingerprint density at radius 1 is 1.48 bits per heavy atom. The van der Waals surface area contributed by atoms with E-state index in [9.17, 15) is 4.79 Å². The summed E-state index contributed by atoms with van der Waals surface area (Å²) in [6.45, 7) is 1.82. The highest BCUT2D eigenvalue weighted by Gasteiger charge is 2.18. The summed E-state index contributed by atoms with van der Waals surface area (Å²) in [5.41, 5.74) is 1.37. The first-order chi connectivity index (χ1) is 10.0. The number of amides is 1. The van der Waals surface area contributed by atoms with Crippen LogP contribution in [0.2, 0.25) is 5.02 Å². The predicted octanol–water partition coefficient (Wildman–Crippen LogP) is 4.25. The number of nitrogens with one attached hydrogen (secondary N) is 1. The molecule has 2 aromatic rings. The van der Waals surface area contributed by atoms with Gasteiger partial charge in [-0.05, 0) is 46.6 Å². The van der Waals surface area contributed by atoms with Gasteiger partial charge in [-0.1, -0.05) is 17.7 Å². The van der Waals surface area contributed by atoms with Crippen LogP contribution in [-0.2, 0) is 4.79 Å². The zero-order chi connectivity index (χ0) is 15.4. The van der Waals surface area contributed by atoms with Crippen LogP contribution in [0.4, 0.5) is 5.69 Å². The van der Waals surface area contributed by atoms with E-state index < -0.39 is 0 Å². The lowest BCUT2D eigenvalue weighted by Gasteiger charge is -2.15. The first-order valence-electron chi connectivity index (χ1n) is 6.26. The maximum absolute atomic E-state index is 12.4. The van der Waals surface area contributed by atoms with E-state index in [1.54, 1.807) is 30.6 Å². The first-order valence-corrected chi connectivity index (χ1v) is 7.44. The third kappa shape index (κ3) is 3.74. The molecule has 0 bridgehead atoms. The van der Waals surface area contributed by atoms with Gasteiger partial charge in [0.15, 0.2) is 5.75 Å². The maximum atomic E-state index is 12.4. The van der Waals surface area contributed by atoms with Crippen molar-refractivity contribution in [2.45, 2.75) is 12.8 Å². The van der Waals surface area contributed by atoms with Crippen LogP contribution < -0.4 is 10.1 Å². The van der Waals surface area contributed by atoms with E-state index in [-0.39, 0.29) is 11.8 Å². The Labute approximate surface area is 136 Å². The zero-order valence-electron chi connectivity index (χ0n) is 11.6. The van der Waals surface area contributed by atoms with E-state index in [0.717, 1.165) is 5.56 Å². The summed E-state index contributed by atoms with van der Waals surface area (Å²) in [5, 5.41) is 3.34. The van der Waals surface area contributed by atoms with Gasteiger partial charge in [0.2, 0.25) is 5.91 Å². The largest absolute Gasteiger partial charge is 0.493 e. The van der Waals surface area contributed by atoms with E-state index in [1.807, 2.05) is 13.0 Å². The molecule has 1 amide bonds. The second kappa shape index (κ2) is 6.91. The number of anilines is 1. The molecule has 1 unspecified atom stereocenters. The number of ether oxygens (including phenoxy) is 1. The van der Waals surface area contributed by atoms with Crippen molar-refractivity contribution in [2.24, 2.45) is 0 Å². The predicted molar refractivity (Wildman–Crippen MR) is 87.0 cm³/mol. The number of hydrogen-bond acceptors (Lipinski definition) is 3. The summed E-state index contributed by atoms with van der Waals surface area (Å²) in [6, 6.07) is 7.03. The summed E-state index contributed by atoms with van der Waals surface area (Å²) >= 11 is 9.37. The zero-order valence-corrected chi connectivity index (χ0v) is 13.9. The normalized spacial score (nSPS) is 11.8. The van der Waals surface area contributed by atoms with Crippen LogP contribution >= 0.6 is 27.5 Å². The fraction of sp³-hybridized carbons (Fsp3) is 0.200. The standard InChI is InChI=1S/C15H14BrClN2O2/c1-9(10-4-3-5-18-8-10)15(20)19-13-7-11(17)6-12(16)14(13)21-2/h3-9H,1-2H3,(H,19,20). The number of carbonyl (C=O) groups excluding carboxylic acids is 1. The van der Waals surface area contributed by atoms with Gasteiger partial charge >= 0.3 is 0 Å². The first kappa shape index (κ1) is 15.8. The molecular formula is C15H14BrClN2O2. The number of rotatable bonds is 4. The second-order valence-corrected chi connectivity index (χ2v) is 5.76. The molecule has 0 saturated carbocycles. The molecule has 0 spiro atoms. The third-order valence-electron chi connectivity index (χ3n) is 3.05. The number of benzene rings is 1. The average Bonchev–Trinajstić information content (AvgIpc) is 2.47. The Kier molecular flexibility index (Phi) is 5.20. The number of methoxy groups -OCH3 is 1. The highest BCUT2D eigenvalue weighted by Crippen LogP contribution is 2.36. The average molecular weight is 370 g/mol. The van der Waals surface area contributed by atoms with E-state index in [4.69, 9.17) is 16.3 Å². The van der Waals surface area contributed by atoms with Crippen molar-refractivity contribution < 1.29 is 9.53 Å². The van der Waals surface area contributed by atoms with Crippen LogP contribution in [0.15, 0.2) is 41.1 Å². The maximum Gasteiger partial charge on any atom is 0.231 e. The Balaban J connectivity index is 2.24. The van der Waals surface area contributed by atoms with Gasteiger partial charge in [0.25, 0.3) is 0 Å². The molecular weight excluding hydrogens is 356 g/mol. The lowest BCUT2D eigenvalue weighted by molar-refractivity contribution is -0.117. The van der Waals surface area contributed by atoms with Gasteiger partial charge in [0, 0.05) is 17.4 Å². The van der Waals surface area contributed by atoms with Crippen molar-refractivity contribution >= 4 is 39.1 Å². The van der Waals surface area contributed by atoms with Crippen molar-refractivity contribution in [3.8, 4) is 5.75 Å². The molecule has 0 aliphatic rings. The van der Waals surface area contributed by atoms with Crippen LogP contribution in [0, 0.1) is 0 Å². The van der Waals surface area contributed by atoms with Gasteiger partial charge in [-0.25, -0.2) is 0 Å². The van der Waals surface area contributed by atoms with Gasteiger partial charge in [0.05, 0.1) is 23.2 Å². The number of pyridine rings is 1. The fourth-order valence-corrected chi connectivity index (χ4v) is 2.86. The number of hydrogen-bond donors (Lipinski definition) is 1. The molecule has 1 aromatic heterocycles. The highest BCUT2D eigenvalue weighted by atomic mass is 79.9. The molecule has 0 fully saturated rings. The minimum absolute atomic E-state index is 0.157. The van der Waals surface area contributed by atoms with E-state index in [0.29, 0.717) is 20.9 Å². The Morgan fingerprint density at radius 2 is 2.24 bits per heavy atom. The molecule has 0 aliphatic heterocycles. The van der Waals surface area contributed by atoms with Gasteiger partial charge in [-0.15, -0.1) is 0 Å². The quantitative estimate of drug-likeness (QED) is 0.876. The van der Waals surface area contributed by atoms with Gasteiger partial charge < -0.3 is 10.1 Å². The fourth-order valence-electron chi connectivity index (χ4n) is 1.89. The summed E-state index contributed by atoms with van der Waals surface area (Å²) < 4.78 is 5.97. The third-order valence-corrected chi connectivity index (χ3v) is 3.86. The summed E-state index contributed by atoms with van der Waals surface area (Å²) in [5.74, 6) is 0.0442. The molecule has 0 saturated heterocycles. The van der Waals surface area contributed by atoms with E-state index in [1.165, 1.54) is 7.11 Å². The molecule has 2 rings (SSSR count). The number of aromatic nitrogens is 1. The number of halogens is 2. The van der Waals surface area contributed by atoms with Crippen molar-refractivity contribution in [2.75, 3.05) is 12.4 Å². The number of carbonyl (C=O) groups is 1. The molecule has 1 N–H and O–H groups in total. The van der Waals surface area contributed by atoms with Gasteiger partial charge in [-0.2, -0.15) is 0 Å². The molecule has 4 nitrogen and oxygen atoms in total. The summed E-state index contributed by atoms with van der Waals surface area (Å²) in [4.78, 5) is 16.4. The molecule has 1 aromatic carbocycles. The molecule has 21 heavy (non-hydrogen) atoms. The van der Waals surface area contributed by atoms with Crippen LogP contribution in [0.5, 0.6) is 5.75 Å². The molecule has 1 heterocycles. The van der Waals surface area contributed by atoms with Crippen LogP contribution in [-0.4, -0.2) is 18.0 Å². The van der Waals surface area contributed by atoms with Gasteiger partial charge in [0.1, 0.15) is 0 Å². The number of nitrogens with zero attached hydrogens (tertiary/aromatic N) is 1. The molecule has 1 atom stereocenters. The SMILES string of the molecule is COc1c(Br)cc(Cl)cc1NC(=O)C(C)c1cccnc1. The molecule has 6 heteroatoms. The van der Waals surface area contributed by atoms with Crippen LogP contribution in [0.25, 0.3) is 0 Å². The molecule has 0 aliphatic carbocycles. The monoisotopic (exact) mass is 368 g/mol.